The maximum atomic E-state index is 13.5. The molecule has 2 aromatic carbocycles. The lowest BCUT2D eigenvalue weighted by Crippen LogP contribution is -2.51. The Morgan fingerprint density at radius 1 is 1.06 bits per heavy atom. The van der Waals surface area contributed by atoms with Gasteiger partial charge in [0, 0.05) is 24.0 Å². The van der Waals surface area contributed by atoms with Crippen molar-refractivity contribution in [2.24, 2.45) is 0 Å². The molecule has 0 bridgehead atoms. The summed E-state index contributed by atoms with van der Waals surface area (Å²) in [5, 5.41) is 3.81. The summed E-state index contributed by atoms with van der Waals surface area (Å²) >= 11 is 6.42. The fourth-order valence-corrected chi connectivity index (χ4v) is 4.86. The van der Waals surface area contributed by atoms with Gasteiger partial charge in [-0.3, -0.25) is 9.59 Å². The minimum atomic E-state index is -0.507. The number of benzene rings is 2. The highest BCUT2D eigenvalue weighted by Gasteiger charge is 2.30. The largest absolute Gasteiger partial charge is 0.352 e. The van der Waals surface area contributed by atoms with Crippen LogP contribution in [0.3, 0.4) is 0 Å². The lowest BCUT2D eigenvalue weighted by molar-refractivity contribution is -0.141. The number of hydrogen-bond acceptors (Lipinski definition) is 2. The summed E-state index contributed by atoms with van der Waals surface area (Å²) in [5.74, 6) is -0.0717. The Bertz CT molecular complexity index is 959. The average molecular weight is 483 g/mol. The number of hydrogen-bond donors (Lipinski definition) is 1. The van der Waals surface area contributed by atoms with Gasteiger partial charge in [-0.25, -0.2) is 0 Å². The van der Waals surface area contributed by atoms with Gasteiger partial charge in [0.05, 0.1) is 0 Å². The molecule has 34 heavy (non-hydrogen) atoms. The third-order valence-corrected chi connectivity index (χ3v) is 7.20. The van der Waals surface area contributed by atoms with E-state index in [4.69, 9.17) is 11.6 Å². The molecule has 1 atom stereocenters. The van der Waals surface area contributed by atoms with Gasteiger partial charge in [0.25, 0.3) is 0 Å². The molecule has 3 rings (SSSR count). The molecule has 1 N–H and O–H groups in total. The van der Waals surface area contributed by atoms with E-state index in [9.17, 15) is 9.59 Å². The predicted molar refractivity (Wildman–Crippen MR) is 140 cm³/mol. The van der Waals surface area contributed by atoms with E-state index in [2.05, 4.69) is 50.4 Å². The van der Waals surface area contributed by atoms with E-state index in [0.717, 1.165) is 36.8 Å². The smallest absolute Gasteiger partial charge is 0.243 e. The molecule has 0 aromatic heterocycles. The van der Waals surface area contributed by atoms with Gasteiger partial charge in [-0.15, -0.1) is 0 Å². The van der Waals surface area contributed by atoms with Gasteiger partial charge in [-0.1, -0.05) is 94.6 Å². The Morgan fingerprint density at radius 2 is 1.71 bits per heavy atom. The monoisotopic (exact) mass is 482 g/mol. The minimum absolute atomic E-state index is 0.0201. The van der Waals surface area contributed by atoms with Gasteiger partial charge in [0.1, 0.15) is 6.04 Å². The first-order chi connectivity index (χ1) is 16.2. The first kappa shape index (κ1) is 26.3. The lowest BCUT2D eigenvalue weighted by atomic mass is 9.86. The molecule has 5 heteroatoms. The van der Waals surface area contributed by atoms with Gasteiger partial charge in [0.2, 0.25) is 11.8 Å². The third-order valence-electron chi connectivity index (χ3n) is 6.83. The van der Waals surface area contributed by atoms with Crippen molar-refractivity contribution in [3.8, 4) is 0 Å². The second-order valence-corrected chi connectivity index (χ2v) is 10.9. The molecular formula is C29H39ClN2O2. The Balaban J connectivity index is 1.75. The van der Waals surface area contributed by atoms with Crippen LogP contribution in [0.25, 0.3) is 0 Å². The number of carbonyl (C=O) groups is 2. The summed E-state index contributed by atoms with van der Waals surface area (Å²) in [5.41, 5.74) is 3.36. The number of aryl methyl sites for hydroxylation is 1. The van der Waals surface area contributed by atoms with E-state index < -0.39 is 6.04 Å². The molecule has 1 saturated carbocycles. The average Bonchev–Trinajstić information content (AvgIpc) is 3.31. The zero-order chi connectivity index (χ0) is 24.7. The summed E-state index contributed by atoms with van der Waals surface area (Å²) in [7, 11) is 0. The Labute approximate surface area is 210 Å². The van der Waals surface area contributed by atoms with Crippen LogP contribution in [0.15, 0.2) is 48.5 Å². The van der Waals surface area contributed by atoms with E-state index in [0.29, 0.717) is 30.8 Å². The zero-order valence-electron chi connectivity index (χ0n) is 21.1. The van der Waals surface area contributed by atoms with E-state index in [1.165, 1.54) is 5.56 Å². The SMILES string of the molecule is CCC(C(=O)NC1CCCC1)N(Cc1ccccc1Cl)C(=O)CCc1ccc(C(C)(C)C)cc1. The molecular weight excluding hydrogens is 444 g/mol. The Hall–Kier alpha value is -2.33. The van der Waals surface area contributed by atoms with Crippen molar-refractivity contribution in [3.05, 3.63) is 70.2 Å². The molecule has 4 nitrogen and oxygen atoms in total. The standard InChI is InChI=1S/C29H39ClN2O2/c1-5-26(28(34)31-24-11-7-8-12-24)32(20-22-10-6-9-13-25(22)30)27(33)19-16-21-14-17-23(18-15-21)29(2,3)4/h6,9-10,13-15,17-18,24,26H,5,7-8,11-12,16,19-20H2,1-4H3,(H,31,34). The van der Waals surface area contributed by atoms with Crippen LogP contribution in [0.1, 0.15) is 82.9 Å². The summed E-state index contributed by atoms with van der Waals surface area (Å²) < 4.78 is 0. The second kappa shape index (κ2) is 11.9. The number of nitrogens with one attached hydrogen (secondary N) is 1. The highest BCUT2D eigenvalue weighted by molar-refractivity contribution is 6.31. The number of carbonyl (C=O) groups excluding carboxylic acids is 2. The maximum Gasteiger partial charge on any atom is 0.243 e. The Morgan fingerprint density at radius 3 is 2.29 bits per heavy atom. The van der Waals surface area contributed by atoms with Gasteiger partial charge in [0.15, 0.2) is 0 Å². The van der Waals surface area contributed by atoms with Crippen LogP contribution in [0, 0.1) is 0 Å². The number of nitrogens with zero attached hydrogens (tertiary/aromatic N) is 1. The van der Waals surface area contributed by atoms with Crippen LogP contribution < -0.4 is 5.32 Å². The van der Waals surface area contributed by atoms with Gasteiger partial charge in [-0.05, 0) is 53.9 Å². The van der Waals surface area contributed by atoms with Gasteiger partial charge >= 0.3 is 0 Å². The summed E-state index contributed by atoms with van der Waals surface area (Å²) in [4.78, 5) is 28.5. The highest BCUT2D eigenvalue weighted by atomic mass is 35.5. The van der Waals surface area contributed by atoms with Crippen molar-refractivity contribution in [3.63, 3.8) is 0 Å². The third kappa shape index (κ3) is 7.09. The molecule has 0 heterocycles. The summed E-state index contributed by atoms with van der Waals surface area (Å²) in [6, 6.07) is 15.8. The maximum absolute atomic E-state index is 13.5. The fourth-order valence-electron chi connectivity index (χ4n) is 4.66. The lowest BCUT2D eigenvalue weighted by Gasteiger charge is -2.32. The van der Waals surface area contributed by atoms with Crippen LogP contribution in [-0.2, 0) is 28.0 Å². The minimum Gasteiger partial charge on any atom is -0.352 e. The first-order valence-corrected chi connectivity index (χ1v) is 13.0. The molecule has 1 aliphatic rings. The molecule has 0 aliphatic heterocycles. The van der Waals surface area contributed by atoms with E-state index in [-0.39, 0.29) is 23.3 Å². The molecule has 0 saturated heterocycles. The molecule has 2 amide bonds. The van der Waals surface area contributed by atoms with Crippen molar-refractivity contribution in [2.75, 3.05) is 0 Å². The van der Waals surface area contributed by atoms with E-state index >= 15 is 0 Å². The normalized spacial score (nSPS) is 15.2. The predicted octanol–water partition coefficient (Wildman–Crippen LogP) is 6.44. The number of rotatable bonds is 9. The first-order valence-electron chi connectivity index (χ1n) is 12.6. The van der Waals surface area contributed by atoms with E-state index in [1.54, 1.807) is 4.90 Å². The van der Waals surface area contributed by atoms with Crippen LogP contribution in [0.4, 0.5) is 0 Å². The topological polar surface area (TPSA) is 49.4 Å². The quantitative estimate of drug-likeness (QED) is 0.447. The van der Waals surface area contributed by atoms with Crippen LogP contribution >= 0.6 is 11.6 Å². The van der Waals surface area contributed by atoms with Gasteiger partial charge < -0.3 is 10.2 Å². The summed E-state index contributed by atoms with van der Waals surface area (Å²) in [6.45, 7) is 8.88. The van der Waals surface area contributed by atoms with Crippen molar-refractivity contribution < 1.29 is 9.59 Å². The van der Waals surface area contributed by atoms with Crippen molar-refractivity contribution in [2.45, 2.75) is 96.7 Å². The van der Waals surface area contributed by atoms with Gasteiger partial charge in [-0.2, -0.15) is 0 Å². The molecule has 1 fully saturated rings. The van der Waals surface area contributed by atoms with Crippen molar-refractivity contribution in [1.29, 1.82) is 0 Å². The fraction of sp³-hybridized carbons (Fsp3) is 0.517. The molecule has 1 unspecified atom stereocenters. The molecule has 1 aliphatic carbocycles. The molecule has 0 spiro atoms. The Kier molecular flexibility index (Phi) is 9.18. The molecule has 0 radical (unpaired) electrons. The number of halogens is 1. The van der Waals surface area contributed by atoms with Crippen LogP contribution in [0.2, 0.25) is 5.02 Å². The molecule has 184 valence electrons. The zero-order valence-corrected chi connectivity index (χ0v) is 21.8. The van der Waals surface area contributed by atoms with Crippen molar-refractivity contribution >= 4 is 23.4 Å². The molecule has 2 aromatic rings. The highest BCUT2D eigenvalue weighted by Crippen LogP contribution is 2.24. The van der Waals surface area contributed by atoms with Crippen LogP contribution in [-0.4, -0.2) is 28.8 Å². The summed E-state index contributed by atoms with van der Waals surface area (Å²) in [6.07, 6.45) is 5.90. The van der Waals surface area contributed by atoms with E-state index in [1.807, 2.05) is 31.2 Å². The number of amides is 2. The van der Waals surface area contributed by atoms with Crippen LogP contribution in [0.5, 0.6) is 0 Å². The van der Waals surface area contributed by atoms with Crippen molar-refractivity contribution in [1.82, 2.24) is 10.2 Å². The second-order valence-electron chi connectivity index (χ2n) is 10.5.